The second-order valence-corrected chi connectivity index (χ2v) is 5.16. The Morgan fingerprint density at radius 1 is 1.10 bits per heavy atom. The van der Waals surface area contributed by atoms with E-state index in [9.17, 15) is 14.0 Å². The molecule has 5 N–H and O–H groups in total. The van der Waals surface area contributed by atoms with Crippen LogP contribution in [0.5, 0.6) is 0 Å². The topological polar surface area (TPSA) is 98.2 Å². The highest BCUT2D eigenvalue weighted by atomic mass is 79.9. The molecule has 5 nitrogen and oxygen atoms in total. The molecule has 2 aromatic carbocycles. The van der Waals surface area contributed by atoms with Gasteiger partial charge < -0.3 is 16.8 Å². The molecule has 0 bridgehead atoms. The average Bonchev–Trinajstić information content (AvgIpc) is 2.40. The Kier molecular flexibility index (Phi) is 4.23. The van der Waals surface area contributed by atoms with Crippen molar-refractivity contribution in [3.05, 3.63) is 57.8 Å². The number of benzene rings is 2. The number of amides is 2. The van der Waals surface area contributed by atoms with Gasteiger partial charge in [0.25, 0.3) is 11.8 Å². The molecule has 108 valence electrons. The minimum Gasteiger partial charge on any atom is -0.398 e. The van der Waals surface area contributed by atoms with Gasteiger partial charge in [-0.05, 0) is 36.4 Å². The molecule has 0 fully saturated rings. The number of hydrogen-bond donors (Lipinski definition) is 3. The van der Waals surface area contributed by atoms with E-state index in [1.54, 1.807) is 18.2 Å². The SMILES string of the molecule is NC(=O)c1cc(NC(=O)c2ccc(Br)cc2N)ccc1F. The molecule has 21 heavy (non-hydrogen) atoms. The van der Waals surface area contributed by atoms with Gasteiger partial charge >= 0.3 is 0 Å². The molecule has 0 radical (unpaired) electrons. The van der Waals surface area contributed by atoms with Gasteiger partial charge in [-0.1, -0.05) is 15.9 Å². The molecule has 0 unspecified atom stereocenters. The zero-order valence-corrected chi connectivity index (χ0v) is 12.3. The summed E-state index contributed by atoms with van der Waals surface area (Å²) in [5.74, 6) is -2.13. The Morgan fingerprint density at radius 2 is 1.81 bits per heavy atom. The van der Waals surface area contributed by atoms with Crippen LogP contribution in [-0.2, 0) is 0 Å². The Balaban J connectivity index is 2.27. The van der Waals surface area contributed by atoms with E-state index < -0.39 is 17.6 Å². The van der Waals surface area contributed by atoms with Gasteiger partial charge in [-0.2, -0.15) is 0 Å². The highest BCUT2D eigenvalue weighted by molar-refractivity contribution is 9.10. The van der Waals surface area contributed by atoms with Crippen LogP contribution in [0.4, 0.5) is 15.8 Å². The molecule has 0 atom stereocenters. The van der Waals surface area contributed by atoms with Gasteiger partial charge in [0, 0.05) is 15.8 Å². The summed E-state index contributed by atoms with van der Waals surface area (Å²) in [6.45, 7) is 0. The van der Waals surface area contributed by atoms with Crippen LogP contribution in [0.3, 0.4) is 0 Å². The van der Waals surface area contributed by atoms with Gasteiger partial charge in [-0.25, -0.2) is 4.39 Å². The Labute approximate surface area is 128 Å². The normalized spacial score (nSPS) is 10.2. The molecule has 0 spiro atoms. The lowest BCUT2D eigenvalue weighted by Gasteiger charge is -2.09. The highest BCUT2D eigenvalue weighted by Crippen LogP contribution is 2.21. The van der Waals surface area contributed by atoms with Crippen molar-refractivity contribution >= 4 is 39.1 Å². The summed E-state index contributed by atoms with van der Waals surface area (Å²) in [5, 5.41) is 2.53. The summed E-state index contributed by atoms with van der Waals surface area (Å²) in [5.41, 5.74) is 11.3. The summed E-state index contributed by atoms with van der Waals surface area (Å²) in [4.78, 5) is 23.2. The van der Waals surface area contributed by atoms with Crippen LogP contribution in [-0.4, -0.2) is 11.8 Å². The van der Waals surface area contributed by atoms with Crippen LogP contribution >= 0.6 is 15.9 Å². The number of anilines is 2. The third-order valence-electron chi connectivity index (χ3n) is 2.75. The van der Waals surface area contributed by atoms with Gasteiger partial charge in [0.2, 0.25) is 0 Å². The maximum atomic E-state index is 13.4. The van der Waals surface area contributed by atoms with Crippen molar-refractivity contribution < 1.29 is 14.0 Å². The number of nitrogens with two attached hydrogens (primary N) is 2. The van der Waals surface area contributed by atoms with Crippen molar-refractivity contribution in [2.24, 2.45) is 5.73 Å². The zero-order valence-electron chi connectivity index (χ0n) is 10.7. The minimum atomic E-state index is -0.910. The number of nitrogens with one attached hydrogen (secondary N) is 1. The van der Waals surface area contributed by atoms with E-state index in [1.807, 2.05) is 0 Å². The molecule has 0 heterocycles. The van der Waals surface area contributed by atoms with E-state index in [-0.39, 0.29) is 16.8 Å². The van der Waals surface area contributed by atoms with Gasteiger partial charge in [-0.15, -0.1) is 0 Å². The second kappa shape index (κ2) is 5.92. The largest absolute Gasteiger partial charge is 0.398 e. The average molecular weight is 352 g/mol. The molecule has 0 saturated heterocycles. The Bertz CT molecular complexity index is 734. The maximum absolute atomic E-state index is 13.4. The van der Waals surface area contributed by atoms with Crippen molar-refractivity contribution in [3.63, 3.8) is 0 Å². The lowest BCUT2D eigenvalue weighted by molar-refractivity contribution is 0.0992. The number of carbonyl (C=O) groups excluding carboxylic acids is 2. The molecule has 2 rings (SSSR count). The van der Waals surface area contributed by atoms with Crippen LogP contribution in [0.15, 0.2) is 40.9 Å². The van der Waals surface area contributed by atoms with Gasteiger partial charge in [0.15, 0.2) is 0 Å². The third kappa shape index (κ3) is 3.38. The molecule has 0 saturated carbocycles. The molecule has 0 aromatic heterocycles. The van der Waals surface area contributed by atoms with Crippen LogP contribution in [0.1, 0.15) is 20.7 Å². The van der Waals surface area contributed by atoms with Gasteiger partial charge in [0.1, 0.15) is 5.82 Å². The fraction of sp³-hybridized carbons (Fsp3) is 0. The first-order valence-corrected chi connectivity index (χ1v) is 6.63. The summed E-state index contributed by atoms with van der Waals surface area (Å²) >= 11 is 3.24. The molecule has 0 aliphatic carbocycles. The van der Waals surface area contributed by atoms with Crippen LogP contribution in [0.2, 0.25) is 0 Å². The number of nitrogen functional groups attached to an aromatic ring is 1. The summed E-state index contributed by atoms with van der Waals surface area (Å²) in [6.07, 6.45) is 0. The predicted octanol–water partition coefficient (Wildman–Crippen LogP) is 2.52. The van der Waals surface area contributed by atoms with Gasteiger partial charge in [-0.3, -0.25) is 9.59 Å². The minimum absolute atomic E-state index is 0.248. The number of primary amides is 1. The highest BCUT2D eigenvalue weighted by Gasteiger charge is 2.13. The number of carbonyl (C=O) groups is 2. The van der Waals surface area contributed by atoms with E-state index in [0.717, 1.165) is 10.5 Å². The van der Waals surface area contributed by atoms with Crippen molar-refractivity contribution in [1.29, 1.82) is 0 Å². The Morgan fingerprint density at radius 3 is 2.43 bits per heavy atom. The first kappa shape index (κ1) is 15.0. The summed E-state index contributed by atoms with van der Waals surface area (Å²) in [7, 11) is 0. The van der Waals surface area contributed by atoms with Crippen LogP contribution < -0.4 is 16.8 Å². The molecule has 0 aliphatic rings. The molecular weight excluding hydrogens is 341 g/mol. The zero-order chi connectivity index (χ0) is 15.6. The summed E-state index contributed by atoms with van der Waals surface area (Å²) in [6, 6.07) is 8.37. The monoisotopic (exact) mass is 351 g/mol. The van der Waals surface area contributed by atoms with Crippen molar-refractivity contribution in [2.75, 3.05) is 11.1 Å². The van der Waals surface area contributed by atoms with E-state index in [4.69, 9.17) is 11.5 Å². The standard InChI is InChI=1S/C14H11BrFN3O2/c15-7-1-3-9(12(17)5-7)14(21)19-8-2-4-11(16)10(6-8)13(18)20/h1-6H,17H2,(H2,18,20)(H,19,21). The quantitative estimate of drug-likeness (QED) is 0.741. The summed E-state index contributed by atoms with van der Waals surface area (Å²) < 4.78 is 14.1. The van der Waals surface area contributed by atoms with E-state index in [2.05, 4.69) is 21.2 Å². The third-order valence-corrected chi connectivity index (χ3v) is 3.24. The fourth-order valence-corrected chi connectivity index (χ4v) is 2.11. The number of halogens is 2. The van der Waals surface area contributed by atoms with Crippen molar-refractivity contribution in [1.82, 2.24) is 0 Å². The van der Waals surface area contributed by atoms with Crippen molar-refractivity contribution in [2.45, 2.75) is 0 Å². The molecule has 7 heteroatoms. The van der Waals surface area contributed by atoms with E-state index in [0.29, 0.717) is 5.69 Å². The smallest absolute Gasteiger partial charge is 0.257 e. The van der Waals surface area contributed by atoms with E-state index in [1.165, 1.54) is 12.1 Å². The lowest BCUT2D eigenvalue weighted by Crippen LogP contribution is -2.16. The first-order chi connectivity index (χ1) is 9.88. The predicted molar refractivity (Wildman–Crippen MR) is 81.4 cm³/mol. The maximum Gasteiger partial charge on any atom is 0.257 e. The lowest BCUT2D eigenvalue weighted by atomic mass is 10.1. The van der Waals surface area contributed by atoms with E-state index >= 15 is 0 Å². The molecular formula is C14H11BrFN3O2. The number of rotatable bonds is 3. The van der Waals surface area contributed by atoms with Crippen LogP contribution in [0.25, 0.3) is 0 Å². The molecule has 0 aliphatic heterocycles. The second-order valence-electron chi connectivity index (χ2n) is 4.24. The van der Waals surface area contributed by atoms with Crippen LogP contribution in [0, 0.1) is 5.82 Å². The Hall–Kier alpha value is -2.41. The van der Waals surface area contributed by atoms with Gasteiger partial charge in [0.05, 0.1) is 11.1 Å². The first-order valence-electron chi connectivity index (χ1n) is 5.84. The number of hydrogen-bond acceptors (Lipinski definition) is 3. The fourth-order valence-electron chi connectivity index (χ4n) is 1.73. The molecule has 2 amide bonds. The molecule has 2 aromatic rings. The van der Waals surface area contributed by atoms with Crippen molar-refractivity contribution in [3.8, 4) is 0 Å².